The second kappa shape index (κ2) is 8.13. The van der Waals surface area contributed by atoms with Crippen molar-refractivity contribution in [2.45, 2.75) is 23.9 Å². The van der Waals surface area contributed by atoms with E-state index in [-0.39, 0.29) is 11.2 Å². The van der Waals surface area contributed by atoms with Gasteiger partial charge in [0.2, 0.25) is 5.91 Å². The minimum absolute atomic E-state index is 0.0680. The standard InChI is InChI=1S/C18H20N4O2S/c1-13(25-18-21-19-12-22(18)9-10-24-2)17(23)20-16-8-7-14-5-3-4-6-15(14)11-16/h3-8,11-13H,9-10H2,1-2H3,(H,20,23). The maximum atomic E-state index is 12.5. The number of methoxy groups -OCH3 is 1. The van der Waals surface area contributed by atoms with E-state index in [4.69, 9.17) is 4.74 Å². The molecular weight excluding hydrogens is 336 g/mol. The zero-order chi connectivity index (χ0) is 17.6. The number of ether oxygens (including phenoxy) is 1. The Morgan fingerprint density at radius 1 is 1.28 bits per heavy atom. The van der Waals surface area contributed by atoms with Gasteiger partial charge in [-0.05, 0) is 29.8 Å². The van der Waals surface area contributed by atoms with Crippen LogP contribution < -0.4 is 5.32 Å². The first-order valence-electron chi connectivity index (χ1n) is 8.00. The highest BCUT2D eigenvalue weighted by atomic mass is 32.2. The van der Waals surface area contributed by atoms with Gasteiger partial charge in [0.25, 0.3) is 0 Å². The fourth-order valence-corrected chi connectivity index (χ4v) is 3.25. The van der Waals surface area contributed by atoms with Crippen molar-refractivity contribution in [2.75, 3.05) is 19.0 Å². The molecule has 0 fully saturated rings. The van der Waals surface area contributed by atoms with Gasteiger partial charge in [0.1, 0.15) is 6.33 Å². The van der Waals surface area contributed by atoms with Gasteiger partial charge in [-0.2, -0.15) is 0 Å². The number of carbonyl (C=O) groups is 1. The largest absolute Gasteiger partial charge is 0.383 e. The topological polar surface area (TPSA) is 69.0 Å². The van der Waals surface area contributed by atoms with E-state index in [0.717, 1.165) is 16.5 Å². The highest BCUT2D eigenvalue weighted by Crippen LogP contribution is 2.23. The molecule has 1 aromatic heterocycles. The number of rotatable bonds is 7. The zero-order valence-electron chi connectivity index (χ0n) is 14.2. The van der Waals surface area contributed by atoms with Gasteiger partial charge in [0, 0.05) is 19.3 Å². The summed E-state index contributed by atoms with van der Waals surface area (Å²) in [5.41, 5.74) is 0.789. The maximum Gasteiger partial charge on any atom is 0.237 e. The quantitative estimate of drug-likeness (QED) is 0.659. The molecule has 6 nitrogen and oxygen atoms in total. The van der Waals surface area contributed by atoms with Crippen molar-refractivity contribution >= 4 is 34.1 Å². The normalized spacial score (nSPS) is 12.2. The molecule has 0 spiro atoms. The Morgan fingerprint density at radius 3 is 2.88 bits per heavy atom. The minimum atomic E-state index is -0.294. The highest BCUT2D eigenvalue weighted by molar-refractivity contribution is 8.00. The third kappa shape index (κ3) is 4.37. The fraction of sp³-hybridized carbons (Fsp3) is 0.278. The van der Waals surface area contributed by atoms with Crippen molar-refractivity contribution < 1.29 is 9.53 Å². The molecule has 130 valence electrons. The Hall–Kier alpha value is -2.38. The van der Waals surface area contributed by atoms with E-state index in [1.807, 2.05) is 54.0 Å². The predicted octanol–water partition coefficient (Wildman–Crippen LogP) is 3.20. The predicted molar refractivity (Wildman–Crippen MR) is 99.8 cm³/mol. The van der Waals surface area contributed by atoms with E-state index >= 15 is 0 Å². The van der Waals surface area contributed by atoms with Crippen LogP contribution in [0.5, 0.6) is 0 Å². The molecule has 1 atom stereocenters. The maximum absolute atomic E-state index is 12.5. The molecule has 2 aromatic carbocycles. The minimum Gasteiger partial charge on any atom is -0.383 e. The van der Waals surface area contributed by atoms with E-state index in [2.05, 4.69) is 15.5 Å². The first-order chi connectivity index (χ1) is 12.2. The lowest BCUT2D eigenvalue weighted by molar-refractivity contribution is -0.115. The number of nitrogens with zero attached hydrogens (tertiary/aromatic N) is 3. The summed E-state index contributed by atoms with van der Waals surface area (Å²) in [5, 5.41) is 13.6. The molecule has 7 heteroatoms. The summed E-state index contributed by atoms with van der Waals surface area (Å²) in [6.45, 7) is 3.09. The van der Waals surface area contributed by atoms with Crippen LogP contribution in [0.4, 0.5) is 5.69 Å². The number of amides is 1. The summed E-state index contributed by atoms with van der Waals surface area (Å²) < 4.78 is 6.95. The molecule has 1 amide bonds. The number of hydrogen-bond donors (Lipinski definition) is 1. The van der Waals surface area contributed by atoms with Gasteiger partial charge in [-0.1, -0.05) is 42.1 Å². The van der Waals surface area contributed by atoms with Gasteiger partial charge in [-0.3, -0.25) is 4.79 Å². The average Bonchev–Trinajstić information content (AvgIpc) is 3.06. The SMILES string of the molecule is COCCn1cnnc1SC(C)C(=O)Nc1ccc2ccccc2c1. The third-order valence-electron chi connectivity index (χ3n) is 3.78. The van der Waals surface area contributed by atoms with Crippen molar-refractivity contribution in [1.29, 1.82) is 0 Å². The van der Waals surface area contributed by atoms with Crippen LogP contribution in [-0.4, -0.2) is 39.6 Å². The van der Waals surface area contributed by atoms with Gasteiger partial charge < -0.3 is 14.6 Å². The van der Waals surface area contributed by atoms with E-state index in [0.29, 0.717) is 18.3 Å². The summed E-state index contributed by atoms with van der Waals surface area (Å²) >= 11 is 1.38. The number of anilines is 1. The molecule has 3 rings (SSSR count). The van der Waals surface area contributed by atoms with Crippen molar-refractivity contribution in [1.82, 2.24) is 14.8 Å². The van der Waals surface area contributed by atoms with Crippen LogP contribution in [0.15, 0.2) is 53.9 Å². The number of thioether (sulfide) groups is 1. The van der Waals surface area contributed by atoms with E-state index < -0.39 is 0 Å². The molecule has 0 bridgehead atoms. The fourth-order valence-electron chi connectivity index (χ4n) is 2.40. The summed E-state index contributed by atoms with van der Waals surface area (Å²) in [5.74, 6) is -0.0680. The Kier molecular flexibility index (Phi) is 5.67. The number of nitrogens with one attached hydrogen (secondary N) is 1. The van der Waals surface area contributed by atoms with Gasteiger partial charge in [0.05, 0.1) is 11.9 Å². The Morgan fingerprint density at radius 2 is 2.08 bits per heavy atom. The second-order valence-corrected chi connectivity index (χ2v) is 6.92. The molecule has 0 radical (unpaired) electrons. The summed E-state index contributed by atoms with van der Waals surface area (Å²) in [4.78, 5) is 12.5. The van der Waals surface area contributed by atoms with Gasteiger partial charge in [-0.15, -0.1) is 10.2 Å². The molecule has 0 saturated heterocycles. The molecule has 1 heterocycles. The lowest BCUT2D eigenvalue weighted by Gasteiger charge is -2.13. The van der Waals surface area contributed by atoms with Crippen LogP contribution in [-0.2, 0) is 16.1 Å². The lowest BCUT2D eigenvalue weighted by Crippen LogP contribution is -2.23. The van der Waals surface area contributed by atoms with Crippen LogP contribution in [0.2, 0.25) is 0 Å². The lowest BCUT2D eigenvalue weighted by atomic mass is 10.1. The Labute approximate surface area is 150 Å². The number of aromatic nitrogens is 3. The first-order valence-corrected chi connectivity index (χ1v) is 8.88. The molecule has 1 N–H and O–H groups in total. The van der Waals surface area contributed by atoms with E-state index in [1.54, 1.807) is 13.4 Å². The number of benzene rings is 2. The highest BCUT2D eigenvalue weighted by Gasteiger charge is 2.18. The van der Waals surface area contributed by atoms with E-state index in [1.165, 1.54) is 11.8 Å². The van der Waals surface area contributed by atoms with Crippen molar-refractivity contribution in [3.05, 3.63) is 48.8 Å². The summed E-state index contributed by atoms with van der Waals surface area (Å²) in [6.07, 6.45) is 1.65. The van der Waals surface area contributed by atoms with Crippen LogP contribution in [0.25, 0.3) is 10.8 Å². The molecule has 0 aliphatic carbocycles. The second-order valence-electron chi connectivity index (χ2n) is 5.61. The zero-order valence-corrected chi connectivity index (χ0v) is 15.0. The van der Waals surface area contributed by atoms with Gasteiger partial charge >= 0.3 is 0 Å². The number of hydrogen-bond acceptors (Lipinski definition) is 5. The van der Waals surface area contributed by atoms with Crippen molar-refractivity contribution in [3.63, 3.8) is 0 Å². The average molecular weight is 356 g/mol. The van der Waals surface area contributed by atoms with Crippen molar-refractivity contribution in [3.8, 4) is 0 Å². The monoisotopic (exact) mass is 356 g/mol. The molecule has 25 heavy (non-hydrogen) atoms. The summed E-state index contributed by atoms with van der Waals surface area (Å²) in [6, 6.07) is 14.0. The Balaban J connectivity index is 1.65. The molecule has 1 unspecified atom stereocenters. The Bertz CT molecular complexity index is 865. The van der Waals surface area contributed by atoms with Crippen LogP contribution in [0.3, 0.4) is 0 Å². The van der Waals surface area contributed by atoms with Crippen molar-refractivity contribution in [2.24, 2.45) is 0 Å². The van der Waals surface area contributed by atoms with E-state index in [9.17, 15) is 4.79 Å². The molecule has 3 aromatic rings. The van der Waals surface area contributed by atoms with Crippen LogP contribution in [0.1, 0.15) is 6.92 Å². The number of fused-ring (bicyclic) bond motifs is 1. The molecule has 0 saturated carbocycles. The molecule has 0 aliphatic heterocycles. The van der Waals surface area contributed by atoms with Gasteiger partial charge in [0.15, 0.2) is 5.16 Å². The first kappa shape index (κ1) is 17.4. The van der Waals surface area contributed by atoms with Crippen LogP contribution >= 0.6 is 11.8 Å². The molecule has 0 aliphatic rings. The summed E-state index contributed by atoms with van der Waals surface area (Å²) in [7, 11) is 1.65. The number of carbonyl (C=O) groups excluding carboxylic acids is 1. The van der Waals surface area contributed by atoms with Crippen LogP contribution in [0, 0.1) is 0 Å². The molecular formula is C18H20N4O2S. The third-order valence-corrected chi connectivity index (χ3v) is 4.88. The smallest absolute Gasteiger partial charge is 0.237 e. The van der Waals surface area contributed by atoms with Gasteiger partial charge in [-0.25, -0.2) is 0 Å².